The first kappa shape index (κ1) is 52.1. The topological polar surface area (TPSA) is 58.8 Å². The van der Waals surface area contributed by atoms with Gasteiger partial charge in [0.2, 0.25) is 0 Å². The molecule has 0 atom stereocenters. The van der Waals surface area contributed by atoms with E-state index in [1.165, 1.54) is 180 Å². The van der Waals surface area contributed by atoms with Gasteiger partial charge >= 0.3 is 5.97 Å². The molecule has 0 aromatic carbocycles. The minimum Gasteiger partial charge on any atom is -0.462 e. The highest BCUT2D eigenvalue weighted by Crippen LogP contribution is 2.19. The minimum atomic E-state index is 0.00543. The van der Waals surface area contributed by atoms with Gasteiger partial charge in [0.15, 0.2) is 6.21 Å². The number of nitrogens with zero attached hydrogens (tertiary/aromatic N) is 1. The fourth-order valence-corrected chi connectivity index (χ4v) is 7.62. The van der Waals surface area contributed by atoms with Crippen LogP contribution >= 0.6 is 0 Å². The van der Waals surface area contributed by atoms with E-state index in [-0.39, 0.29) is 18.7 Å². The molecule has 0 radical (unpaired) electrons. The number of carbonyl (C=O) groups excluding carboxylic acids is 1. The average molecular weight is 751 g/mol. The summed E-state index contributed by atoms with van der Waals surface area (Å²) in [5.74, 6) is 0.00543. The smallest absolute Gasteiger partial charge is 0.306 e. The maximum atomic E-state index is 12.8. The van der Waals surface area contributed by atoms with E-state index in [9.17, 15) is 9.90 Å². The number of unbranched alkanes of at least 4 members (excludes halogenated alkanes) is 25. The number of rotatable bonds is 44. The van der Waals surface area contributed by atoms with Crippen LogP contribution in [0.15, 0.2) is 0 Å². The van der Waals surface area contributed by atoms with Crippen molar-refractivity contribution >= 4 is 12.2 Å². The van der Waals surface area contributed by atoms with Gasteiger partial charge in [-0.2, -0.15) is 0 Å². The molecular formula is C48H96NO4+. The molecule has 0 fully saturated rings. The predicted molar refractivity (Wildman–Crippen MR) is 232 cm³/mol. The summed E-state index contributed by atoms with van der Waals surface area (Å²) in [6.07, 6.45) is 47.1. The normalized spacial score (nSPS) is 12.1. The van der Waals surface area contributed by atoms with Gasteiger partial charge in [-0.3, -0.25) is 4.79 Å². The molecule has 53 heavy (non-hydrogen) atoms. The lowest BCUT2D eigenvalue weighted by molar-refractivity contribution is -0.526. The zero-order valence-corrected chi connectivity index (χ0v) is 36.6. The Balaban J connectivity index is 4.30. The number of aliphatic hydroxyl groups excluding tert-OH is 1. The molecule has 0 rings (SSSR count). The number of hydrogen-bond donors (Lipinski definition) is 1. The van der Waals surface area contributed by atoms with Gasteiger partial charge in [0, 0.05) is 25.9 Å². The van der Waals surface area contributed by atoms with Crippen molar-refractivity contribution in [1.29, 1.82) is 0 Å². The third kappa shape index (κ3) is 39.1. The number of aliphatic hydroxyl groups is 1. The summed E-state index contributed by atoms with van der Waals surface area (Å²) in [4.78, 5) is 12.8. The Bertz CT molecular complexity index is 724. The fourth-order valence-electron chi connectivity index (χ4n) is 7.62. The summed E-state index contributed by atoms with van der Waals surface area (Å²) in [5.41, 5.74) is 0. The first-order valence-corrected chi connectivity index (χ1v) is 24.1. The van der Waals surface area contributed by atoms with Crippen molar-refractivity contribution in [2.45, 2.75) is 271 Å². The second kappa shape index (κ2) is 43.8. The Labute approximate surface area is 332 Å². The number of hydrogen-bond acceptors (Lipinski definition) is 4. The molecule has 316 valence electrons. The van der Waals surface area contributed by atoms with Gasteiger partial charge in [-0.15, -0.1) is 0 Å². The Morgan fingerprint density at radius 3 is 1.26 bits per heavy atom. The Hall–Kier alpha value is -0.940. The standard InChI is InChI=1S/C48H96NO4/c1-5-9-13-17-21-28-36-46(37-29-22-18-14-10-6-2)52-45-35-26-25-33-41-49(43-44-50)42-34-27-32-40-48(51)53-47(38-30-23-19-15-11-7-3)39-31-24-20-16-12-8-4/h43,46-47,50H,5-42,44-45H2,1-4H3/q+1. The van der Waals surface area contributed by atoms with Crippen LogP contribution in [0, 0.1) is 0 Å². The Morgan fingerprint density at radius 1 is 0.472 bits per heavy atom. The van der Waals surface area contributed by atoms with Crippen molar-refractivity contribution < 1.29 is 24.0 Å². The lowest BCUT2D eigenvalue weighted by Gasteiger charge is -2.18. The summed E-state index contributed by atoms with van der Waals surface area (Å²) >= 11 is 0. The van der Waals surface area contributed by atoms with Crippen LogP contribution in [0.2, 0.25) is 0 Å². The summed E-state index contributed by atoms with van der Waals surface area (Å²) in [5, 5.41) is 9.61. The van der Waals surface area contributed by atoms with Crippen molar-refractivity contribution in [3.8, 4) is 0 Å². The van der Waals surface area contributed by atoms with Gasteiger partial charge in [0.1, 0.15) is 25.8 Å². The SMILES string of the molecule is CCCCCCCCC(CCCCCCCC)OCCCCCC[N+](=CCO)CCCCCC(=O)OC(CCCCCCCC)CCCCCCCC. The molecule has 0 spiro atoms. The maximum Gasteiger partial charge on any atom is 0.306 e. The van der Waals surface area contributed by atoms with Crippen LogP contribution in [0.5, 0.6) is 0 Å². The highest BCUT2D eigenvalue weighted by atomic mass is 16.5. The van der Waals surface area contributed by atoms with Gasteiger partial charge in [-0.1, -0.05) is 175 Å². The summed E-state index contributed by atoms with van der Waals surface area (Å²) < 4.78 is 14.8. The Morgan fingerprint density at radius 2 is 0.830 bits per heavy atom. The van der Waals surface area contributed by atoms with Crippen LogP contribution in [-0.2, 0) is 14.3 Å². The molecular weight excluding hydrogens is 655 g/mol. The van der Waals surface area contributed by atoms with Crippen molar-refractivity contribution in [3.05, 3.63) is 0 Å². The third-order valence-electron chi connectivity index (χ3n) is 11.2. The van der Waals surface area contributed by atoms with E-state index in [0.29, 0.717) is 12.5 Å². The molecule has 1 N–H and O–H groups in total. The van der Waals surface area contributed by atoms with Gasteiger partial charge in [0.05, 0.1) is 6.10 Å². The lowest BCUT2D eigenvalue weighted by Crippen LogP contribution is -2.19. The summed E-state index contributed by atoms with van der Waals surface area (Å²) in [6.45, 7) is 12.1. The molecule has 0 aromatic heterocycles. The highest BCUT2D eigenvalue weighted by Gasteiger charge is 2.15. The van der Waals surface area contributed by atoms with E-state index in [1.54, 1.807) is 0 Å². The van der Waals surface area contributed by atoms with Crippen LogP contribution in [0.3, 0.4) is 0 Å². The van der Waals surface area contributed by atoms with Crippen molar-refractivity contribution in [3.63, 3.8) is 0 Å². The first-order chi connectivity index (χ1) is 26.1. The molecule has 0 aromatic rings. The molecule has 0 unspecified atom stereocenters. The second-order valence-corrected chi connectivity index (χ2v) is 16.5. The van der Waals surface area contributed by atoms with Crippen LogP contribution in [0.4, 0.5) is 0 Å². The Kier molecular flexibility index (Phi) is 43.0. The van der Waals surface area contributed by atoms with Crippen molar-refractivity contribution in [1.82, 2.24) is 0 Å². The highest BCUT2D eigenvalue weighted by molar-refractivity contribution is 5.69. The number of carbonyl (C=O) groups is 1. The van der Waals surface area contributed by atoms with E-state index in [2.05, 4.69) is 32.3 Å². The monoisotopic (exact) mass is 751 g/mol. The van der Waals surface area contributed by atoms with E-state index in [4.69, 9.17) is 9.47 Å². The maximum absolute atomic E-state index is 12.8. The fraction of sp³-hybridized carbons (Fsp3) is 0.958. The van der Waals surface area contributed by atoms with Gasteiger partial charge < -0.3 is 14.6 Å². The van der Waals surface area contributed by atoms with E-state index in [1.807, 2.05) is 6.21 Å². The molecule has 0 amide bonds. The third-order valence-corrected chi connectivity index (χ3v) is 11.2. The van der Waals surface area contributed by atoms with Crippen LogP contribution < -0.4 is 0 Å². The zero-order valence-electron chi connectivity index (χ0n) is 36.6. The number of ether oxygens (including phenoxy) is 2. The molecule has 0 bridgehead atoms. The molecule has 0 aliphatic carbocycles. The minimum absolute atomic E-state index is 0.00543. The molecule has 0 saturated carbocycles. The average Bonchev–Trinajstić information content (AvgIpc) is 3.15. The van der Waals surface area contributed by atoms with E-state index >= 15 is 0 Å². The molecule has 0 saturated heterocycles. The summed E-state index contributed by atoms with van der Waals surface area (Å²) in [6, 6.07) is 0. The van der Waals surface area contributed by atoms with Crippen LogP contribution in [0.1, 0.15) is 259 Å². The van der Waals surface area contributed by atoms with Gasteiger partial charge in [-0.05, 0) is 64.2 Å². The molecule has 0 aliphatic rings. The summed E-state index contributed by atoms with van der Waals surface area (Å²) in [7, 11) is 0. The van der Waals surface area contributed by atoms with Crippen molar-refractivity contribution in [2.24, 2.45) is 0 Å². The first-order valence-electron chi connectivity index (χ1n) is 24.1. The van der Waals surface area contributed by atoms with Crippen LogP contribution in [-0.4, -0.2) is 60.4 Å². The van der Waals surface area contributed by atoms with E-state index in [0.717, 1.165) is 64.6 Å². The zero-order chi connectivity index (χ0) is 38.7. The molecule has 5 nitrogen and oxygen atoms in total. The molecule has 5 heteroatoms. The van der Waals surface area contributed by atoms with Gasteiger partial charge in [0.25, 0.3) is 0 Å². The van der Waals surface area contributed by atoms with E-state index < -0.39 is 0 Å². The largest absolute Gasteiger partial charge is 0.462 e. The van der Waals surface area contributed by atoms with Gasteiger partial charge in [-0.25, -0.2) is 4.58 Å². The number of esters is 1. The quantitative estimate of drug-likeness (QED) is 0.0292. The second-order valence-electron chi connectivity index (χ2n) is 16.5. The van der Waals surface area contributed by atoms with Crippen LogP contribution in [0.25, 0.3) is 0 Å². The lowest BCUT2D eigenvalue weighted by atomic mass is 10.0. The predicted octanol–water partition coefficient (Wildman–Crippen LogP) is 14.5. The molecule has 0 aliphatic heterocycles. The van der Waals surface area contributed by atoms with Crippen molar-refractivity contribution in [2.75, 3.05) is 26.3 Å². The molecule has 0 heterocycles.